The molecule has 21 heavy (non-hydrogen) atoms. The molecule has 0 N–H and O–H groups in total. The number of rotatable bonds is 5. The lowest BCUT2D eigenvalue weighted by atomic mass is 10.1. The summed E-state index contributed by atoms with van der Waals surface area (Å²) >= 11 is 3.32. The number of aryl methyl sites for hydroxylation is 1. The first-order valence-corrected chi connectivity index (χ1v) is 8.98. The molecule has 0 radical (unpaired) electrons. The van der Waals surface area contributed by atoms with Gasteiger partial charge in [0.2, 0.25) is 10.0 Å². The van der Waals surface area contributed by atoms with E-state index in [0.717, 1.165) is 15.6 Å². The molecule has 5 heteroatoms. The van der Waals surface area contributed by atoms with E-state index in [1.54, 1.807) is 24.3 Å². The topological polar surface area (TPSA) is 37.4 Å². The Kier molecular flexibility index (Phi) is 5.19. The summed E-state index contributed by atoms with van der Waals surface area (Å²) < 4.78 is 27.8. The van der Waals surface area contributed by atoms with E-state index in [4.69, 9.17) is 0 Å². The summed E-state index contributed by atoms with van der Waals surface area (Å²) in [6, 6.07) is 14.6. The first kappa shape index (κ1) is 16.2. The van der Waals surface area contributed by atoms with Crippen molar-refractivity contribution in [3.63, 3.8) is 0 Å². The molecule has 0 bridgehead atoms. The summed E-state index contributed by atoms with van der Waals surface area (Å²) in [5, 5.41) is 0. The van der Waals surface area contributed by atoms with Crippen molar-refractivity contribution < 1.29 is 8.42 Å². The predicted octanol–water partition coefficient (Wildman–Crippen LogP) is 3.97. The maximum atomic E-state index is 12.7. The normalized spacial score (nSPS) is 11.8. The number of benzene rings is 2. The van der Waals surface area contributed by atoms with Gasteiger partial charge in [0.1, 0.15) is 0 Å². The van der Waals surface area contributed by atoms with Crippen LogP contribution in [0.4, 0.5) is 0 Å². The third-order valence-corrected chi connectivity index (χ3v) is 5.88. The van der Waals surface area contributed by atoms with E-state index in [9.17, 15) is 8.42 Å². The summed E-state index contributed by atoms with van der Waals surface area (Å²) in [5.41, 5.74) is 2.13. The van der Waals surface area contributed by atoms with Crippen molar-refractivity contribution in [1.82, 2.24) is 4.31 Å². The highest BCUT2D eigenvalue weighted by molar-refractivity contribution is 9.10. The Labute approximate surface area is 134 Å². The molecule has 0 unspecified atom stereocenters. The molecule has 0 fully saturated rings. The van der Waals surface area contributed by atoms with Gasteiger partial charge in [-0.1, -0.05) is 47.1 Å². The number of halogens is 1. The van der Waals surface area contributed by atoms with Gasteiger partial charge in [-0.2, -0.15) is 4.31 Å². The van der Waals surface area contributed by atoms with Gasteiger partial charge in [0.05, 0.1) is 4.90 Å². The molecule has 0 aliphatic heterocycles. The van der Waals surface area contributed by atoms with Crippen LogP contribution in [0.25, 0.3) is 0 Å². The first-order chi connectivity index (χ1) is 9.95. The van der Waals surface area contributed by atoms with Crippen LogP contribution in [0.3, 0.4) is 0 Å². The molecular weight excluding hydrogens is 350 g/mol. The van der Waals surface area contributed by atoms with Crippen molar-refractivity contribution >= 4 is 26.0 Å². The Hall–Kier alpha value is -1.17. The Bertz CT molecular complexity index is 711. The van der Waals surface area contributed by atoms with Crippen molar-refractivity contribution in [1.29, 1.82) is 0 Å². The summed E-state index contributed by atoms with van der Waals surface area (Å²) in [7, 11) is -3.47. The second-order valence-electron chi connectivity index (χ2n) is 4.81. The van der Waals surface area contributed by atoms with Crippen molar-refractivity contribution in [2.75, 3.05) is 6.54 Å². The molecule has 3 nitrogen and oxygen atoms in total. The van der Waals surface area contributed by atoms with Crippen molar-refractivity contribution in [3.05, 3.63) is 64.1 Å². The van der Waals surface area contributed by atoms with Gasteiger partial charge < -0.3 is 0 Å². The molecule has 2 rings (SSSR count). The molecule has 0 saturated heterocycles. The van der Waals surface area contributed by atoms with Crippen LogP contribution in [0.1, 0.15) is 18.1 Å². The Morgan fingerprint density at radius 3 is 2.24 bits per heavy atom. The Morgan fingerprint density at radius 1 is 1.05 bits per heavy atom. The molecule has 0 aliphatic rings. The zero-order valence-corrected chi connectivity index (χ0v) is 14.5. The first-order valence-electron chi connectivity index (χ1n) is 6.75. The monoisotopic (exact) mass is 367 g/mol. The molecule has 2 aromatic carbocycles. The van der Waals surface area contributed by atoms with Gasteiger partial charge in [0.15, 0.2) is 0 Å². The van der Waals surface area contributed by atoms with Gasteiger partial charge in [-0.3, -0.25) is 0 Å². The Morgan fingerprint density at radius 2 is 1.67 bits per heavy atom. The largest absolute Gasteiger partial charge is 0.243 e. The molecule has 0 saturated carbocycles. The van der Waals surface area contributed by atoms with Crippen LogP contribution in [0.5, 0.6) is 0 Å². The quantitative estimate of drug-likeness (QED) is 0.801. The zero-order chi connectivity index (χ0) is 15.5. The molecule has 112 valence electrons. The maximum absolute atomic E-state index is 12.7. The molecule has 0 heterocycles. The summed E-state index contributed by atoms with van der Waals surface area (Å²) in [6.45, 7) is 4.68. The van der Waals surface area contributed by atoms with E-state index in [1.807, 2.05) is 38.1 Å². The zero-order valence-electron chi connectivity index (χ0n) is 12.1. The average molecular weight is 368 g/mol. The van der Waals surface area contributed by atoms with E-state index >= 15 is 0 Å². The maximum Gasteiger partial charge on any atom is 0.243 e. The van der Waals surface area contributed by atoms with E-state index in [1.165, 1.54) is 4.31 Å². The SMILES string of the molecule is CCN(Cc1ccccc1C)S(=O)(=O)c1ccc(Br)cc1. The fraction of sp³-hybridized carbons (Fsp3) is 0.250. The fourth-order valence-electron chi connectivity index (χ4n) is 2.10. The standard InChI is InChI=1S/C16H18BrNO2S/c1-3-18(12-14-7-5-4-6-13(14)2)21(19,20)16-10-8-15(17)9-11-16/h4-11H,3,12H2,1-2H3. The molecule has 2 aromatic rings. The number of nitrogens with zero attached hydrogens (tertiary/aromatic N) is 1. The van der Waals surface area contributed by atoms with Crippen LogP contribution in [0, 0.1) is 6.92 Å². The van der Waals surface area contributed by atoms with E-state index < -0.39 is 10.0 Å². The smallest absolute Gasteiger partial charge is 0.207 e. The highest BCUT2D eigenvalue weighted by Crippen LogP contribution is 2.21. The van der Waals surface area contributed by atoms with Crippen LogP contribution >= 0.6 is 15.9 Å². The van der Waals surface area contributed by atoms with Gasteiger partial charge in [-0.25, -0.2) is 8.42 Å². The third-order valence-electron chi connectivity index (χ3n) is 3.41. The lowest BCUT2D eigenvalue weighted by Gasteiger charge is -2.21. The average Bonchev–Trinajstić information content (AvgIpc) is 2.46. The van der Waals surface area contributed by atoms with Crippen LogP contribution in [0.2, 0.25) is 0 Å². The second-order valence-corrected chi connectivity index (χ2v) is 7.67. The number of hydrogen-bond donors (Lipinski definition) is 0. The lowest BCUT2D eigenvalue weighted by molar-refractivity contribution is 0.422. The molecular formula is C16H18BrNO2S. The van der Waals surface area contributed by atoms with Crippen molar-refractivity contribution in [3.8, 4) is 0 Å². The van der Waals surface area contributed by atoms with Gasteiger partial charge in [-0.05, 0) is 42.3 Å². The van der Waals surface area contributed by atoms with E-state index in [-0.39, 0.29) is 0 Å². The Balaban J connectivity index is 2.32. The van der Waals surface area contributed by atoms with Gasteiger partial charge in [-0.15, -0.1) is 0 Å². The summed E-state index contributed by atoms with van der Waals surface area (Å²) in [5.74, 6) is 0. The van der Waals surface area contributed by atoms with Gasteiger partial charge >= 0.3 is 0 Å². The molecule has 0 atom stereocenters. The van der Waals surface area contributed by atoms with Crippen LogP contribution in [0.15, 0.2) is 57.9 Å². The molecule has 0 amide bonds. The van der Waals surface area contributed by atoms with Crippen LogP contribution in [-0.4, -0.2) is 19.3 Å². The highest BCUT2D eigenvalue weighted by Gasteiger charge is 2.23. The van der Waals surface area contributed by atoms with Crippen LogP contribution < -0.4 is 0 Å². The number of hydrogen-bond acceptors (Lipinski definition) is 2. The van der Waals surface area contributed by atoms with Gasteiger partial charge in [0.25, 0.3) is 0 Å². The van der Waals surface area contributed by atoms with E-state index in [0.29, 0.717) is 18.0 Å². The predicted molar refractivity (Wildman–Crippen MR) is 88.6 cm³/mol. The highest BCUT2D eigenvalue weighted by atomic mass is 79.9. The molecule has 0 aliphatic carbocycles. The van der Waals surface area contributed by atoms with E-state index in [2.05, 4.69) is 15.9 Å². The summed E-state index contributed by atoms with van der Waals surface area (Å²) in [6.07, 6.45) is 0. The third kappa shape index (κ3) is 3.73. The van der Waals surface area contributed by atoms with Crippen LogP contribution in [-0.2, 0) is 16.6 Å². The van der Waals surface area contributed by atoms with Crippen molar-refractivity contribution in [2.24, 2.45) is 0 Å². The van der Waals surface area contributed by atoms with Crippen molar-refractivity contribution in [2.45, 2.75) is 25.3 Å². The lowest BCUT2D eigenvalue weighted by Crippen LogP contribution is -2.30. The minimum absolute atomic E-state index is 0.320. The fourth-order valence-corrected chi connectivity index (χ4v) is 3.79. The summed E-state index contributed by atoms with van der Waals surface area (Å²) in [4.78, 5) is 0.320. The minimum atomic E-state index is -3.47. The van der Waals surface area contributed by atoms with Gasteiger partial charge in [0, 0.05) is 17.6 Å². The number of sulfonamides is 1. The molecule has 0 aromatic heterocycles. The minimum Gasteiger partial charge on any atom is -0.207 e. The second kappa shape index (κ2) is 6.73. The molecule has 0 spiro atoms.